The van der Waals surface area contributed by atoms with Crippen LogP contribution in [0.3, 0.4) is 0 Å². The highest BCUT2D eigenvalue weighted by Gasteiger charge is 2.16. The first-order chi connectivity index (χ1) is 10.4. The quantitative estimate of drug-likeness (QED) is 0.396. The summed E-state index contributed by atoms with van der Waals surface area (Å²) in [5.41, 5.74) is 0. The molecular weight excluding hydrogens is 270 g/mol. The molecule has 2 heterocycles. The second kappa shape index (κ2) is 9.97. The number of nitrogens with zero attached hydrogens (tertiary/aromatic N) is 1. The molecule has 6 heteroatoms. The topological polar surface area (TPSA) is 64.1 Å². The highest BCUT2D eigenvalue weighted by atomic mass is 16.5. The minimum atomic E-state index is 0.300. The molecule has 2 rings (SSSR count). The van der Waals surface area contributed by atoms with Gasteiger partial charge >= 0.3 is 0 Å². The first kappa shape index (κ1) is 16.5. The van der Waals surface area contributed by atoms with Crippen LogP contribution >= 0.6 is 0 Å². The summed E-state index contributed by atoms with van der Waals surface area (Å²) in [7, 11) is 1.80. The standard InChI is InChI=1S/C15H29N3O3/c1-16-15(18-8-5-13-4-2-9-20-13)17-7-3-10-21-14-6-11-19-12-14/h13-14H,2-12H2,1H3,(H2,16,17,18). The lowest BCUT2D eigenvalue weighted by atomic mass is 10.2. The zero-order valence-electron chi connectivity index (χ0n) is 13.1. The molecule has 0 amide bonds. The Morgan fingerprint density at radius 1 is 1.24 bits per heavy atom. The molecule has 2 saturated heterocycles. The van der Waals surface area contributed by atoms with Gasteiger partial charge in [-0.15, -0.1) is 0 Å². The summed E-state index contributed by atoms with van der Waals surface area (Å²) in [5.74, 6) is 0.859. The van der Waals surface area contributed by atoms with E-state index in [1.165, 1.54) is 12.8 Å². The zero-order chi connectivity index (χ0) is 14.8. The molecule has 2 aliphatic heterocycles. The number of guanidine groups is 1. The van der Waals surface area contributed by atoms with E-state index in [9.17, 15) is 0 Å². The van der Waals surface area contributed by atoms with E-state index in [-0.39, 0.29) is 0 Å². The molecule has 0 spiro atoms. The van der Waals surface area contributed by atoms with Gasteiger partial charge in [-0.2, -0.15) is 0 Å². The van der Waals surface area contributed by atoms with Crippen molar-refractivity contribution in [2.45, 2.75) is 44.3 Å². The van der Waals surface area contributed by atoms with Gasteiger partial charge in [0.1, 0.15) is 0 Å². The van der Waals surface area contributed by atoms with Crippen LogP contribution in [0.25, 0.3) is 0 Å². The number of nitrogens with one attached hydrogen (secondary N) is 2. The molecule has 2 atom stereocenters. The van der Waals surface area contributed by atoms with Crippen molar-refractivity contribution in [1.82, 2.24) is 10.6 Å². The SMILES string of the molecule is CN=C(NCCCOC1CCOC1)NCCC1CCCO1. The van der Waals surface area contributed by atoms with E-state index in [1.54, 1.807) is 7.05 Å². The van der Waals surface area contributed by atoms with E-state index in [1.807, 2.05) is 0 Å². The van der Waals surface area contributed by atoms with Gasteiger partial charge < -0.3 is 24.8 Å². The van der Waals surface area contributed by atoms with Gasteiger partial charge in [-0.25, -0.2) is 0 Å². The lowest BCUT2D eigenvalue weighted by molar-refractivity contribution is 0.0420. The molecule has 0 radical (unpaired) electrons. The fraction of sp³-hybridized carbons (Fsp3) is 0.933. The Labute approximate surface area is 127 Å². The minimum Gasteiger partial charge on any atom is -0.379 e. The average Bonchev–Trinajstić information content (AvgIpc) is 3.18. The highest BCUT2D eigenvalue weighted by molar-refractivity contribution is 5.79. The maximum absolute atomic E-state index is 5.73. The fourth-order valence-electron chi connectivity index (χ4n) is 2.62. The van der Waals surface area contributed by atoms with Gasteiger partial charge in [0.05, 0.1) is 18.8 Å². The Morgan fingerprint density at radius 3 is 2.86 bits per heavy atom. The van der Waals surface area contributed by atoms with Crippen LogP contribution < -0.4 is 10.6 Å². The van der Waals surface area contributed by atoms with Crippen LogP contribution in [0.4, 0.5) is 0 Å². The third kappa shape index (κ3) is 6.63. The lowest BCUT2D eigenvalue weighted by Crippen LogP contribution is -2.39. The maximum atomic E-state index is 5.73. The van der Waals surface area contributed by atoms with Crippen molar-refractivity contribution in [3.8, 4) is 0 Å². The van der Waals surface area contributed by atoms with Crippen molar-refractivity contribution in [2.75, 3.05) is 46.6 Å². The molecule has 0 bridgehead atoms. The number of hydrogen-bond donors (Lipinski definition) is 2. The number of hydrogen-bond acceptors (Lipinski definition) is 4. The van der Waals surface area contributed by atoms with E-state index in [4.69, 9.17) is 14.2 Å². The fourth-order valence-corrected chi connectivity index (χ4v) is 2.62. The predicted molar refractivity (Wildman–Crippen MR) is 82.7 cm³/mol. The van der Waals surface area contributed by atoms with Gasteiger partial charge in [0.25, 0.3) is 0 Å². The van der Waals surface area contributed by atoms with Crippen molar-refractivity contribution in [2.24, 2.45) is 4.99 Å². The van der Waals surface area contributed by atoms with Gasteiger partial charge in [-0.3, -0.25) is 4.99 Å². The molecule has 0 saturated carbocycles. The predicted octanol–water partition coefficient (Wildman–Crippen LogP) is 0.916. The second-order valence-corrected chi connectivity index (χ2v) is 5.56. The Bertz CT molecular complexity index is 301. The first-order valence-corrected chi connectivity index (χ1v) is 8.14. The van der Waals surface area contributed by atoms with Crippen LogP contribution in [0, 0.1) is 0 Å². The molecule has 6 nitrogen and oxygen atoms in total. The summed E-state index contributed by atoms with van der Waals surface area (Å²) >= 11 is 0. The summed E-state index contributed by atoms with van der Waals surface area (Å²) in [5, 5.41) is 6.63. The highest BCUT2D eigenvalue weighted by Crippen LogP contribution is 2.14. The van der Waals surface area contributed by atoms with Gasteiger partial charge in [0, 0.05) is 40.0 Å². The molecule has 2 aliphatic rings. The molecule has 122 valence electrons. The third-order valence-corrected chi connectivity index (χ3v) is 3.86. The van der Waals surface area contributed by atoms with Crippen LogP contribution in [-0.2, 0) is 14.2 Å². The Balaban J connectivity index is 1.45. The summed E-state index contributed by atoms with van der Waals surface area (Å²) in [6.07, 6.45) is 6.17. The van der Waals surface area contributed by atoms with Crippen molar-refractivity contribution < 1.29 is 14.2 Å². The van der Waals surface area contributed by atoms with Crippen LogP contribution in [0.5, 0.6) is 0 Å². The zero-order valence-corrected chi connectivity index (χ0v) is 13.1. The first-order valence-electron chi connectivity index (χ1n) is 8.14. The summed E-state index contributed by atoms with van der Waals surface area (Å²) in [4.78, 5) is 4.22. The summed E-state index contributed by atoms with van der Waals surface area (Å²) < 4.78 is 16.6. The number of rotatable bonds is 8. The van der Waals surface area contributed by atoms with Crippen LogP contribution in [-0.4, -0.2) is 64.7 Å². The average molecular weight is 299 g/mol. The Morgan fingerprint density at radius 2 is 2.14 bits per heavy atom. The van der Waals surface area contributed by atoms with E-state index in [2.05, 4.69) is 15.6 Å². The van der Waals surface area contributed by atoms with Crippen molar-refractivity contribution in [3.63, 3.8) is 0 Å². The van der Waals surface area contributed by atoms with Gasteiger partial charge in [-0.05, 0) is 32.1 Å². The smallest absolute Gasteiger partial charge is 0.190 e. The van der Waals surface area contributed by atoms with Crippen molar-refractivity contribution in [1.29, 1.82) is 0 Å². The minimum absolute atomic E-state index is 0.300. The van der Waals surface area contributed by atoms with Gasteiger partial charge in [0.2, 0.25) is 0 Å². The Kier molecular flexibility index (Phi) is 7.85. The Hall–Kier alpha value is -0.850. The molecular formula is C15H29N3O3. The van der Waals surface area contributed by atoms with E-state index in [0.717, 1.165) is 64.7 Å². The monoisotopic (exact) mass is 299 g/mol. The molecule has 21 heavy (non-hydrogen) atoms. The molecule has 2 unspecified atom stereocenters. The van der Waals surface area contributed by atoms with Crippen LogP contribution in [0.15, 0.2) is 4.99 Å². The maximum Gasteiger partial charge on any atom is 0.190 e. The lowest BCUT2D eigenvalue weighted by Gasteiger charge is -2.14. The van der Waals surface area contributed by atoms with Crippen LogP contribution in [0.2, 0.25) is 0 Å². The molecule has 0 aromatic carbocycles. The normalized spacial score (nSPS) is 26.2. The number of ether oxygens (including phenoxy) is 3. The van der Waals surface area contributed by atoms with Crippen molar-refractivity contribution in [3.05, 3.63) is 0 Å². The molecule has 2 N–H and O–H groups in total. The summed E-state index contributed by atoms with van der Waals surface area (Å²) in [6.45, 7) is 5.05. The van der Waals surface area contributed by atoms with Crippen LogP contribution in [0.1, 0.15) is 32.1 Å². The van der Waals surface area contributed by atoms with E-state index < -0.39 is 0 Å². The van der Waals surface area contributed by atoms with Crippen molar-refractivity contribution >= 4 is 5.96 Å². The third-order valence-electron chi connectivity index (χ3n) is 3.86. The van der Waals surface area contributed by atoms with E-state index in [0.29, 0.717) is 12.2 Å². The molecule has 0 aromatic rings. The second-order valence-electron chi connectivity index (χ2n) is 5.56. The van der Waals surface area contributed by atoms with Gasteiger partial charge in [-0.1, -0.05) is 0 Å². The molecule has 0 aromatic heterocycles. The molecule has 0 aliphatic carbocycles. The largest absolute Gasteiger partial charge is 0.379 e. The summed E-state index contributed by atoms with van der Waals surface area (Å²) in [6, 6.07) is 0. The molecule has 2 fully saturated rings. The van der Waals surface area contributed by atoms with Gasteiger partial charge in [0.15, 0.2) is 5.96 Å². The number of aliphatic imine (C=N–C) groups is 1. The van der Waals surface area contributed by atoms with E-state index >= 15 is 0 Å².